The largest absolute Gasteiger partial charge is 0.508 e. The lowest BCUT2D eigenvalue weighted by atomic mass is 9.62. The molecule has 4 heteroatoms. The van der Waals surface area contributed by atoms with Gasteiger partial charge in [0.1, 0.15) is 11.3 Å². The van der Waals surface area contributed by atoms with Crippen molar-refractivity contribution in [3.05, 3.63) is 88.3 Å². The second kappa shape index (κ2) is 6.95. The van der Waals surface area contributed by atoms with Gasteiger partial charge in [-0.05, 0) is 55.7 Å². The van der Waals surface area contributed by atoms with Gasteiger partial charge in [0.05, 0.1) is 6.61 Å². The van der Waals surface area contributed by atoms with Crippen molar-refractivity contribution in [2.75, 3.05) is 0 Å². The van der Waals surface area contributed by atoms with Crippen molar-refractivity contribution in [1.82, 2.24) is 5.32 Å². The summed E-state index contributed by atoms with van der Waals surface area (Å²) in [5.41, 5.74) is 6.91. The maximum Gasteiger partial charge on any atom is 0.121 e. The monoisotopic (exact) mass is 374 g/mol. The third-order valence-electron chi connectivity index (χ3n) is 5.87. The predicted octanol–water partition coefficient (Wildman–Crippen LogP) is 4.29. The van der Waals surface area contributed by atoms with Crippen molar-refractivity contribution in [2.45, 2.75) is 38.8 Å². The third kappa shape index (κ3) is 2.94. The number of aliphatic hydroxyl groups excluding tert-OH is 1. The zero-order chi connectivity index (χ0) is 19.9. The maximum absolute atomic E-state index is 9.83. The van der Waals surface area contributed by atoms with Crippen molar-refractivity contribution in [2.24, 2.45) is 10.9 Å². The molecule has 144 valence electrons. The van der Waals surface area contributed by atoms with Crippen LogP contribution in [0.5, 0.6) is 5.75 Å². The molecule has 3 N–H and O–H groups in total. The summed E-state index contributed by atoms with van der Waals surface area (Å²) in [6.45, 7) is 8.12. The van der Waals surface area contributed by atoms with E-state index in [4.69, 9.17) is 4.99 Å². The van der Waals surface area contributed by atoms with Crippen LogP contribution in [0, 0.1) is 5.92 Å². The van der Waals surface area contributed by atoms with Gasteiger partial charge in [0.25, 0.3) is 0 Å². The smallest absolute Gasteiger partial charge is 0.121 e. The van der Waals surface area contributed by atoms with E-state index >= 15 is 0 Å². The molecule has 28 heavy (non-hydrogen) atoms. The van der Waals surface area contributed by atoms with E-state index in [2.05, 4.69) is 44.0 Å². The number of hydrogen-bond donors (Lipinski definition) is 3. The molecule has 2 atom stereocenters. The van der Waals surface area contributed by atoms with E-state index in [-0.39, 0.29) is 12.4 Å². The number of dihydropyridines is 1. The Hall–Kier alpha value is -2.85. The molecule has 1 aromatic rings. The van der Waals surface area contributed by atoms with Gasteiger partial charge >= 0.3 is 0 Å². The highest BCUT2D eigenvalue weighted by molar-refractivity contribution is 5.82. The number of hydrogen-bond acceptors (Lipinski definition) is 4. The van der Waals surface area contributed by atoms with Gasteiger partial charge in [0, 0.05) is 41.1 Å². The number of aliphatic hydroxyl groups is 1. The zero-order valence-corrected chi connectivity index (χ0v) is 16.4. The number of benzene rings is 1. The SMILES string of the molecule is C=C1C=CC2=C(CC3C=C(C)CC2(N=Cc2ccc(O)c(CO)c2)/C3=C/C)N1. The van der Waals surface area contributed by atoms with Gasteiger partial charge in [-0.3, -0.25) is 4.99 Å². The van der Waals surface area contributed by atoms with Crippen LogP contribution in [0.1, 0.15) is 37.8 Å². The first-order chi connectivity index (χ1) is 13.5. The third-order valence-corrected chi connectivity index (χ3v) is 5.87. The average Bonchev–Trinajstić information content (AvgIpc) is 2.66. The highest BCUT2D eigenvalue weighted by Gasteiger charge is 2.47. The number of allylic oxidation sites excluding steroid dienone is 4. The van der Waals surface area contributed by atoms with Crippen LogP contribution in [-0.2, 0) is 6.61 Å². The molecule has 1 aromatic carbocycles. The summed E-state index contributed by atoms with van der Waals surface area (Å²) in [5.74, 6) is 0.429. The van der Waals surface area contributed by atoms with E-state index in [1.807, 2.05) is 18.4 Å². The topological polar surface area (TPSA) is 64.9 Å². The van der Waals surface area contributed by atoms with E-state index in [9.17, 15) is 10.2 Å². The second-order valence-electron chi connectivity index (χ2n) is 7.78. The number of aliphatic imine (C=N–C) groups is 1. The van der Waals surface area contributed by atoms with Crippen molar-refractivity contribution in [3.63, 3.8) is 0 Å². The molecule has 0 spiro atoms. The standard InChI is InChI=1S/C24H26N2O2/c1-4-20-18-9-15(2)12-24(20,21-7-5-16(3)26-22(21)11-18)25-13-17-6-8-23(28)19(10-17)14-27/h4-10,13,18,26-28H,3,11-12,14H2,1-2H3/b20-4+,25-13?. The molecule has 1 heterocycles. The quantitative estimate of drug-likeness (QED) is 0.546. The highest BCUT2D eigenvalue weighted by atomic mass is 16.3. The molecule has 0 saturated heterocycles. The summed E-state index contributed by atoms with van der Waals surface area (Å²) in [7, 11) is 0. The van der Waals surface area contributed by atoms with Crippen LogP contribution in [0.2, 0.25) is 0 Å². The number of fused-ring (bicyclic) bond motifs is 3. The van der Waals surface area contributed by atoms with Crippen LogP contribution in [0.3, 0.4) is 0 Å². The van der Waals surface area contributed by atoms with Crippen LogP contribution >= 0.6 is 0 Å². The molecule has 0 amide bonds. The molecule has 0 aromatic heterocycles. The summed E-state index contributed by atoms with van der Waals surface area (Å²) in [5, 5.41) is 22.7. The summed E-state index contributed by atoms with van der Waals surface area (Å²) in [6, 6.07) is 5.21. The average molecular weight is 374 g/mol. The summed E-state index contributed by atoms with van der Waals surface area (Å²) in [6.07, 6.45) is 12.4. The minimum Gasteiger partial charge on any atom is -0.508 e. The number of nitrogens with one attached hydrogen (secondary N) is 1. The lowest BCUT2D eigenvalue weighted by Gasteiger charge is -2.47. The van der Waals surface area contributed by atoms with Gasteiger partial charge in [-0.15, -0.1) is 0 Å². The first-order valence-corrected chi connectivity index (χ1v) is 9.66. The van der Waals surface area contributed by atoms with Crippen molar-refractivity contribution in [1.29, 1.82) is 0 Å². The number of aromatic hydroxyl groups is 1. The van der Waals surface area contributed by atoms with Crippen molar-refractivity contribution >= 4 is 6.21 Å². The first kappa shape index (κ1) is 18.5. The van der Waals surface area contributed by atoms with Crippen LogP contribution in [0.4, 0.5) is 0 Å². The Balaban J connectivity index is 1.84. The Labute approximate surface area is 166 Å². The minimum atomic E-state index is -0.437. The lowest BCUT2D eigenvalue weighted by Crippen LogP contribution is -2.44. The van der Waals surface area contributed by atoms with Gasteiger partial charge in [0.15, 0.2) is 0 Å². The van der Waals surface area contributed by atoms with Gasteiger partial charge in [0.2, 0.25) is 0 Å². The lowest BCUT2D eigenvalue weighted by molar-refractivity contribution is 0.275. The van der Waals surface area contributed by atoms with E-state index < -0.39 is 5.54 Å². The molecule has 2 aliphatic carbocycles. The van der Waals surface area contributed by atoms with Crippen LogP contribution in [0.15, 0.2) is 82.2 Å². The summed E-state index contributed by atoms with van der Waals surface area (Å²) >= 11 is 0. The molecular weight excluding hydrogens is 348 g/mol. The fourth-order valence-corrected chi connectivity index (χ4v) is 4.72. The van der Waals surface area contributed by atoms with Crippen molar-refractivity contribution < 1.29 is 10.2 Å². The minimum absolute atomic E-state index is 0.101. The normalized spacial score (nSPS) is 27.8. The van der Waals surface area contributed by atoms with E-state index in [1.54, 1.807) is 12.1 Å². The van der Waals surface area contributed by atoms with Gasteiger partial charge in [-0.1, -0.05) is 30.4 Å². The Morgan fingerprint density at radius 3 is 2.93 bits per heavy atom. The highest BCUT2D eigenvalue weighted by Crippen LogP contribution is 2.52. The van der Waals surface area contributed by atoms with Crippen molar-refractivity contribution in [3.8, 4) is 5.75 Å². The molecule has 4 nitrogen and oxygen atoms in total. The van der Waals surface area contributed by atoms with Crippen LogP contribution in [-0.4, -0.2) is 22.0 Å². The summed E-state index contributed by atoms with van der Waals surface area (Å²) in [4.78, 5) is 5.15. The fourth-order valence-electron chi connectivity index (χ4n) is 4.72. The van der Waals surface area contributed by atoms with Crippen LogP contribution < -0.4 is 5.32 Å². The molecule has 2 unspecified atom stereocenters. The molecule has 1 aliphatic heterocycles. The molecule has 0 saturated carbocycles. The van der Waals surface area contributed by atoms with E-state index in [1.165, 1.54) is 22.4 Å². The fraction of sp³-hybridized carbons (Fsp3) is 0.292. The molecule has 2 bridgehead atoms. The number of nitrogens with zero attached hydrogens (tertiary/aromatic N) is 1. The Morgan fingerprint density at radius 2 is 2.18 bits per heavy atom. The predicted molar refractivity (Wildman–Crippen MR) is 113 cm³/mol. The zero-order valence-electron chi connectivity index (χ0n) is 16.4. The van der Waals surface area contributed by atoms with Gasteiger partial charge < -0.3 is 15.5 Å². The van der Waals surface area contributed by atoms with Crippen LogP contribution in [0.25, 0.3) is 0 Å². The number of phenols is 1. The molecule has 4 rings (SSSR count). The second-order valence-corrected chi connectivity index (χ2v) is 7.78. The molecule has 3 aliphatic rings. The maximum atomic E-state index is 9.83. The number of rotatable bonds is 3. The van der Waals surface area contributed by atoms with Gasteiger partial charge in [-0.2, -0.15) is 0 Å². The van der Waals surface area contributed by atoms with E-state index in [0.717, 1.165) is 24.1 Å². The van der Waals surface area contributed by atoms with E-state index in [0.29, 0.717) is 11.5 Å². The Kier molecular flexibility index (Phi) is 4.60. The summed E-state index contributed by atoms with van der Waals surface area (Å²) < 4.78 is 0. The molecule has 0 radical (unpaired) electrons. The Morgan fingerprint density at radius 1 is 1.36 bits per heavy atom. The molecular formula is C24H26N2O2. The van der Waals surface area contributed by atoms with Gasteiger partial charge in [-0.25, -0.2) is 0 Å². The first-order valence-electron chi connectivity index (χ1n) is 9.66. The Bertz CT molecular complexity index is 994. The molecule has 0 fully saturated rings.